The van der Waals surface area contributed by atoms with Crippen molar-refractivity contribution in [2.45, 2.75) is 0 Å². The van der Waals surface area contributed by atoms with Crippen molar-refractivity contribution >= 4 is 0 Å². The van der Waals surface area contributed by atoms with E-state index in [2.05, 4.69) is 23.8 Å². The smallest absolute Gasteiger partial charge is 0.660 e. The molecule has 0 spiro atoms. The molecule has 0 saturated heterocycles. The second-order valence-electron chi connectivity index (χ2n) is 1.84. The van der Waals surface area contributed by atoms with Crippen LogP contribution in [0.2, 0.25) is 0 Å². The van der Waals surface area contributed by atoms with Gasteiger partial charge in [-0.2, -0.15) is 13.1 Å². The van der Waals surface area contributed by atoms with Crippen molar-refractivity contribution in [3.05, 3.63) is 35.9 Å². The summed E-state index contributed by atoms with van der Waals surface area (Å²) in [5, 5.41) is 8.23. The van der Waals surface area contributed by atoms with Gasteiger partial charge in [0.05, 0.1) is 0 Å². The monoisotopic (exact) mass is 152 g/mol. The minimum atomic E-state index is 0. The topological polar surface area (TPSA) is 28.2 Å². The van der Waals surface area contributed by atoms with Crippen LogP contribution < -0.4 is 37.7 Å². The second kappa shape index (κ2) is 17.6. The van der Waals surface area contributed by atoms with Crippen LogP contribution in [0.4, 0.5) is 0 Å². The predicted molar refractivity (Wildman–Crippen MR) is 46.6 cm³/mol. The van der Waals surface area contributed by atoms with E-state index in [0.29, 0.717) is 0 Å². The molecule has 0 aliphatic carbocycles. The molecule has 0 aliphatic heterocycles. The van der Waals surface area contributed by atoms with E-state index < -0.39 is 0 Å². The van der Waals surface area contributed by atoms with Gasteiger partial charge >= 0.3 is 37.7 Å². The summed E-state index contributed by atoms with van der Waals surface area (Å²) >= 11 is 0. The molecule has 0 aromatic rings. The molecule has 4 heteroatoms. The zero-order valence-electron chi connectivity index (χ0n) is 8.29. The van der Waals surface area contributed by atoms with Crippen molar-refractivity contribution in [2.75, 3.05) is 26.2 Å². The summed E-state index contributed by atoms with van der Waals surface area (Å²) in [6.07, 6.45) is 3.57. The van der Waals surface area contributed by atoms with E-state index in [1.54, 1.807) is 12.2 Å². The molecule has 0 rings (SSSR count). The minimum absolute atomic E-state index is 0. The van der Waals surface area contributed by atoms with E-state index in [1.165, 1.54) is 0 Å². The van der Waals surface area contributed by atoms with Crippen molar-refractivity contribution in [2.24, 2.45) is 0 Å². The quantitative estimate of drug-likeness (QED) is 0.203. The molecule has 0 aliphatic rings. The number of nitrogens with zero attached hydrogens (tertiary/aromatic N) is 2. The second-order valence-corrected chi connectivity index (χ2v) is 1.84. The van der Waals surface area contributed by atoms with Crippen LogP contribution in [0.15, 0.2) is 25.3 Å². The van der Waals surface area contributed by atoms with E-state index in [4.69, 9.17) is 0 Å². The standard InChI is InChI=1S/C8H14N2.2Li/c1-3-5-9-7-8-10-6-4-2;;/h3-4H,1-2,5-8H2;;/q-2;2*+1. The average Bonchev–Trinajstić information content (AvgIpc) is 1.97. The van der Waals surface area contributed by atoms with E-state index in [0.717, 1.165) is 26.2 Å². The van der Waals surface area contributed by atoms with Gasteiger partial charge in [0.1, 0.15) is 0 Å². The molecule has 12 heavy (non-hydrogen) atoms. The third-order valence-corrected chi connectivity index (χ3v) is 0.933. The van der Waals surface area contributed by atoms with Crippen molar-refractivity contribution in [1.29, 1.82) is 0 Å². The van der Waals surface area contributed by atoms with E-state index in [9.17, 15) is 0 Å². The Hall–Kier alpha value is 0.595. The minimum Gasteiger partial charge on any atom is -0.660 e. The van der Waals surface area contributed by atoms with Gasteiger partial charge in [0.25, 0.3) is 0 Å². The normalized spacial score (nSPS) is 7.67. The molecule has 0 radical (unpaired) electrons. The van der Waals surface area contributed by atoms with Crippen molar-refractivity contribution in [1.82, 2.24) is 0 Å². The molecule has 0 aromatic heterocycles. The predicted octanol–water partition coefficient (Wildman–Crippen LogP) is -3.89. The zero-order valence-corrected chi connectivity index (χ0v) is 8.29. The van der Waals surface area contributed by atoms with Crippen LogP contribution in [-0.4, -0.2) is 26.2 Å². The fraction of sp³-hybridized carbons (Fsp3) is 0.500. The van der Waals surface area contributed by atoms with Crippen LogP contribution in [0.1, 0.15) is 0 Å². The van der Waals surface area contributed by atoms with E-state index in [1.807, 2.05) is 0 Å². The summed E-state index contributed by atoms with van der Waals surface area (Å²) in [4.78, 5) is 0. The Morgan fingerprint density at radius 1 is 0.833 bits per heavy atom. The summed E-state index contributed by atoms with van der Waals surface area (Å²) in [5.74, 6) is 0. The van der Waals surface area contributed by atoms with Crippen LogP contribution in [0.5, 0.6) is 0 Å². The molecule has 0 atom stereocenters. The average molecular weight is 152 g/mol. The summed E-state index contributed by atoms with van der Waals surface area (Å²) < 4.78 is 0. The van der Waals surface area contributed by atoms with E-state index >= 15 is 0 Å². The fourth-order valence-corrected chi connectivity index (χ4v) is 0.507. The van der Waals surface area contributed by atoms with Gasteiger partial charge in [-0.05, 0) is 0 Å². The van der Waals surface area contributed by atoms with Crippen molar-refractivity contribution < 1.29 is 37.7 Å². The van der Waals surface area contributed by atoms with E-state index in [-0.39, 0.29) is 37.7 Å². The first-order valence-corrected chi connectivity index (χ1v) is 3.40. The number of hydrogen-bond acceptors (Lipinski definition) is 0. The first kappa shape index (κ1) is 18.4. The largest absolute Gasteiger partial charge is 1.00 e. The Balaban J connectivity index is -0.000000405. The Bertz CT molecular complexity index is 85.1. The molecular formula is C8H14Li2N2. The van der Waals surface area contributed by atoms with Crippen LogP contribution in [0, 0.1) is 0 Å². The van der Waals surface area contributed by atoms with Gasteiger partial charge < -0.3 is 10.6 Å². The molecule has 0 amide bonds. The third-order valence-electron chi connectivity index (χ3n) is 0.933. The first-order chi connectivity index (χ1) is 4.91. The summed E-state index contributed by atoms with van der Waals surface area (Å²) in [6.45, 7) is 10.2. The molecular weight excluding hydrogens is 138 g/mol. The summed E-state index contributed by atoms with van der Waals surface area (Å²) in [7, 11) is 0. The maximum Gasteiger partial charge on any atom is 1.00 e. The Labute approximate surface area is 99.6 Å². The number of hydrogen-bond donors (Lipinski definition) is 0. The van der Waals surface area contributed by atoms with Gasteiger partial charge in [0.2, 0.25) is 0 Å². The molecule has 0 saturated carbocycles. The Kier molecular flexibility index (Phi) is 27.0. The van der Waals surface area contributed by atoms with Gasteiger partial charge in [-0.25, -0.2) is 0 Å². The van der Waals surface area contributed by atoms with Crippen molar-refractivity contribution in [3.63, 3.8) is 0 Å². The van der Waals surface area contributed by atoms with Gasteiger partial charge in [-0.3, -0.25) is 0 Å². The van der Waals surface area contributed by atoms with Crippen LogP contribution in [0.3, 0.4) is 0 Å². The SMILES string of the molecule is C=CC[N-]CC[N-]CC=C.[Li+].[Li+]. The summed E-state index contributed by atoms with van der Waals surface area (Å²) in [6, 6.07) is 0. The Morgan fingerprint density at radius 2 is 1.17 bits per heavy atom. The molecule has 0 fully saturated rings. The zero-order chi connectivity index (χ0) is 7.66. The van der Waals surface area contributed by atoms with Crippen molar-refractivity contribution in [3.8, 4) is 0 Å². The molecule has 0 bridgehead atoms. The van der Waals surface area contributed by atoms with Crippen LogP contribution >= 0.6 is 0 Å². The van der Waals surface area contributed by atoms with Gasteiger partial charge in [-0.15, -0.1) is 38.4 Å². The van der Waals surface area contributed by atoms with Gasteiger partial charge in [0.15, 0.2) is 0 Å². The molecule has 0 aromatic carbocycles. The first-order valence-electron chi connectivity index (χ1n) is 3.40. The summed E-state index contributed by atoms with van der Waals surface area (Å²) in [5.41, 5.74) is 0. The van der Waals surface area contributed by atoms with Crippen LogP contribution in [0.25, 0.3) is 10.6 Å². The Morgan fingerprint density at radius 3 is 1.42 bits per heavy atom. The maximum absolute atomic E-state index is 4.12. The van der Waals surface area contributed by atoms with Crippen LogP contribution in [-0.2, 0) is 0 Å². The molecule has 0 N–H and O–H groups in total. The molecule has 0 heterocycles. The maximum atomic E-state index is 4.12. The molecule has 0 unspecified atom stereocenters. The van der Waals surface area contributed by atoms with Gasteiger partial charge in [0, 0.05) is 0 Å². The van der Waals surface area contributed by atoms with Gasteiger partial charge in [-0.1, -0.05) is 0 Å². The number of rotatable bonds is 7. The molecule has 2 nitrogen and oxygen atoms in total. The molecule has 58 valence electrons. The fourth-order valence-electron chi connectivity index (χ4n) is 0.507. The third kappa shape index (κ3) is 16.9.